The van der Waals surface area contributed by atoms with Crippen LogP contribution >= 0.6 is 0 Å². The van der Waals surface area contributed by atoms with Gasteiger partial charge in [0.2, 0.25) is 0 Å². The Balaban J connectivity index is 2.82. The van der Waals surface area contributed by atoms with Gasteiger partial charge < -0.3 is 10.5 Å². The number of nitrogens with two attached hydrogens (primary N) is 1. The number of halogens is 1. The summed E-state index contributed by atoms with van der Waals surface area (Å²) in [6, 6.07) is 3.89. The van der Waals surface area contributed by atoms with E-state index < -0.39 is 15.7 Å². The number of rotatable bonds is 4. The van der Waals surface area contributed by atoms with Gasteiger partial charge in [-0.25, -0.2) is 12.8 Å². The highest BCUT2D eigenvalue weighted by molar-refractivity contribution is 7.90. The maximum absolute atomic E-state index is 13.1. The Labute approximate surface area is 106 Å². The summed E-state index contributed by atoms with van der Waals surface area (Å²) >= 11 is 0. The highest BCUT2D eigenvalue weighted by atomic mass is 32.2. The van der Waals surface area contributed by atoms with Crippen molar-refractivity contribution in [2.24, 2.45) is 5.73 Å². The smallest absolute Gasteiger partial charge is 0.150 e. The van der Waals surface area contributed by atoms with Crippen molar-refractivity contribution in [2.75, 3.05) is 25.2 Å². The maximum Gasteiger partial charge on any atom is 0.150 e. The SMILES string of the molecule is CS(=O)(=O)CCOc1cc(F)ccc1C#CCN. The first-order valence-corrected chi connectivity index (χ1v) is 7.27. The summed E-state index contributed by atoms with van der Waals surface area (Å²) in [4.78, 5) is 0. The van der Waals surface area contributed by atoms with Gasteiger partial charge in [-0.3, -0.25) is 0 Å². The molecule has 0 aliphatic heterocycles. The van der Waals surface area contributed by atoms with Crippen LogP contribution in [-0.2, 0) is 9.84 Å². The molecule has 0 aliphatic rings. The van der Waals surface area contributed by atoms with Gasteiger partial charge in [0.1, 0.15) is 18.2 Å². The summed E-state index contributed by atoms with van der Waals surface area (Å²) in [5, 5.41) is 0. The van der Waals surface area contributed by atoms with E-state index >= 15 is 0 Å². The average molecular weight is 271 g/mol. The summed E-state index contributed by atoms with van der Waals surface area (Å²) in [5.41, 5.74) is 5.73. The molecule has 0 aromatic heterocycles. The predicted molar refractivity (Wildman–Crippen MR) is 67.5 cm³/mol. The second-order valence-electron chi connectivity index (χ2n) is 3.62. The Morgan fingerprint density at radius 3 is 2.78 bits per heavy atom. The fraction of sp³-hybridized carbons (Fsp3) is 0.333. The molecule has 0 aliphatic carbocycles. The van der Waals surface area contributed by atoms with Gasteiger partial charge in [-0.15, -0.1) is 0 Å². The van der Waals surface area contributed by atoms with Crippen molar-refractivity contribution in [2.45, 2.75) is 0 Å². The molecule has 0 heterocycles. The van der Waals surface area contributed by atoms with Gasteiger partial charge in [-0.2, -0.15) is 0 Å². The summed E-state index contributed by atoms with van der Waals surface area (Å²) < 4.78 is 40.2. The molecule has 0 bridgehead atoms. The molecule has 0 radical (unpaired) electrons. The number of hydrogen-bond donors (Lipinski definition) is 1. The monoisotopic (exact) mass is 271 g/mol. The van der Waals surface area contributed by atoms with Gasteiger partial charge in [-0.05, 0) is 12.1 Å². The zero-order chi connectivity index (χ0) is 13.6. The second kappa shape index (κ2) is 6.38. The average Bonchev–Trinajstić information content (AvgIpc) is 2.26. The highest BCUT2D eigenvalue weighted by Crippen LogP contribution is 2.19. The third-order valence-corrected chi connectivity index (χ3v) is 2.89. The molecule has 0 fully saturated rings. The molecule has 1 aromatic rings. The Morgan fingerprint density at radius 2 is 2.17 bits per heavy atom. The van der Waals surface area contributed by atoms with Gasteiger partial charge in [0.15, 0.2) is 9.84 Å². The summed E-state index contributed by atoms with van der Waals surface area (Å²) in [6.07, 6.45) is 1.11. The third kappa shape index (κ3) is 5.17. The first-order chi connectivity index (χ1) is 8.42. The van der Waals surface area contributed by atoms with Crippen LogP contribution in [0.3, 0.4) is 0 Å². The van der Waals surface area contributed by atoms with Crippen LogP contribution in [-0.4, -0.2) is 33.6 Å². The van der Waals surface area contributed by atoms with Crippen LogP contribution in [0.5, 0.6) is 5.75 Å². The lowest BCUT2D eigenvalue weighted by atomic mass is 10.2. The number of hydrogen-bond acceptors (Lipinski definition) is 4. The summed E-state index contributed by atoms with van der Waals surface area (Å²) in [7, 11) is -3.11. The minimum Gasteiger partial charge on any atom is -0.491 e. The van der Waals surface area contributed by atoms with Crippen LogP contribution in [0.2, 0.25) is 0 Å². The molecule has 2 N–H and O–H groups in total. The molecule has 6 heteroatoms. The van der Waals surface area contributed by atoms with Gasteiger partial charge in [0.05, 0.1) is 17.9 Å². The number of ether oxygens (including phenoxy) is 1. The van der Waals surface area contributed by atoms with Crippen molar-refractivity contribution in [1.29, 1.82) is 0 Å². The lowest BCUT2D eigenvalue weighted by Gasteiger charge is -2.07. The van der Waals surface area contributed by atoms with Crippen molar-refractivity contribution >= 4 is 9.84 Å². The largest absolute Gasteiger partial charge is 0.491 e. The lowest BCUT2D eigenvalue weighted by molar-refractivity contribution is 0.338. The molecular weight excluding hydrogens is 257 g/mol. The molecule has 1 rings (SSSR count). The van der Waals surface area contributed by atoms with Crippen molar-refractivity contribution in [3.8, 4) is 17.6 Å². The van der Waals surface area contributed by atoms with Gasteiger partial charge >= 0.3 is 0 Å². The van der Waals surface area contributed by atoms with Crippen molar-refractivity contribution < 1.29 is 17.5 Å². The van der Waals surface area contributed by atoms with Crippen molar-refractivity contribution in [3.05, 3.63) is 29.6 Å². The zero-order valence-electron chi connectivity index (χ0n) is 9.94. The van der Waals surface area contributed by atoms with E-state index in [1.54, 1.807) is 0 Å². The molecule has 4 nitrogen and oxygen atoms in total. The Morgan fingerprint density at radius 1 is 1.44 bits per heavy atom. The quantitative estimate of drug-likeness (QED) is 0.812. The van der Waals surface area contributed by atoms with E-state index in [2.05, 4.69) is 11.8 Å². The van der Waals surface area contributed by atoms with Crippen molar-refractivity contribution in [1.82, 2.24) is 0 Å². The lowest BCUT2D eigenvalue weighted by Crippen LogP contribution is -2.12. The summed E-state index contributed by atoms with van der Waals surface area (Å²) in [5.74, 6) is 4.98. The molecule has 0 saturated carbocycles. The molecular formula is C12H14FNO3S. The van der Waals surface area contributed by atoms with E-state index in [1.165, 1.54) is 18.2 Å². The topological polar surface area (TPSA) is 69.4 Å². The number of benzene rings is 1. The fourth-order valence-corrected chi connectivity index (χ4v) is 1.55. The van der Waals surface area contributed by atoms with E-state index in [9.17, 15) is 12.8 Å². The predicted octanol–water partition coefficient (Wildman–Crippen LogP) is 0.559. The Bertz CT molecular complexity index is 573. The molecule has 98 valence electrons. The van der Waals surface area contributed by atoms with Gasteiger partial charge in [0.25, 0.3) is 0 Å². The van der Waals surface area contributed by atoms with Crippen LogP contribution < -0.4 is 10.5 Å². The Kier molecular flexibility index (Phi) is 5.13. The second-order valence-corrected chi connectivity index (χ2v) is 5.88. The van der Waals surface area contributed by atoms with Crippen LogP contribution in [0.15, 0.2) is 18.2 Å². The summed E-state index contributed by atoms with van der Waals surface area (Å²) in [6.45, 7) is 0.139. The van der Waals surface area contributed by atoms with E-state index in [0.29, 0.717) is 5.56 Å². The molecule has 0 unspecified atom stereocenters. The maximum atomic E-state index is 13.1. The van der Waals surface area contributed by atoms with Crippen LogP contribution in [0.4, 0.5) is 4.39 Å². The van der Waals surface area contributed by atoms with Gasteiger partial charge in [0, 0.05) is 12.3 Å². The third-order valence-electron chi connectivity index (χ3n) is 1.98. The molecule has 0 amide bonds. The van der Waals surface area contributed by atoms with Crippen LogP contribution in [0.1, 0.15) is 5.56 Å². The van der Waals surface area contributed by atoms with Crippen molar-refractivity contribution in [3.63, 3.8) is 0 Å². The zero-order valence-corrected chi connectivity index (χ0v) is 10.8. The van der Waals surface area contributed by atoms with E-state index in [0.717, 1.165) is 6.26 Å². The van der Waals surface area contributed by atoms with Crippen LogP contribution in [0.25, 0.3) is 0 Å². The minimum absolute atomic E-state index is 0.0421. The minimum atomic E-state index is -3.11. The molecule has 0 atom stereocenters. The first-order valence-electron chi connectivity index (χ1n) is 5.21. The van der Waals surface area contributed by atoms with E-state index in [1.807, 2.05) is 0 Å². The highest BCUT2D eigenvalue weighted by Gasteiger charge is 2.06. The van der Waals surface area contributed by atoms with Crippen LogP contribution in [0, 0.1) is 17.7 Å². The normalized spacial score (nSPS) is 10.6. The molecule has 18 heavy (non-hydrogen) atoms. The first kappa shape index (κ1) is 14.5. The molecule has 0 saturated heterocycles. The molecule has 0 spiro atoms. The van der Waals surface area contributed by atoms with E-state index in [-0.39, 0.29) is 24.7 Å². The van der Waals surface area contributed by atoms with Gasteiger partial charge in [-0.1, -0.05) is 11.8 Å². The van der Waals surface area contributed by atoms with E-state index in [4.69, 9.17) is 10.5 Å². The Hall–Kier alpha value is -1.58. The molecule has 1 aromatic carbocycles. The number of sulfone groups is 1. The fourth-order valence-electron chi connectivity index (χ4n) is 1.17. The standard InChI is InChI=1S/C12H14FNO3S/c1-18(15,16)8-7-17-12-9-11(13)5-4-10(12)3-2-6-14/h4-5,9H,6-8,14H2,1H3.